The number of allylic oxidation sites excluding steroid dienone is 1. The van der Waals surface area contributed by atoms with Gasteiger partial charge in [0.05, 0.1) is 0 Å². The summed E-state index contributed by atoms with van der Waals surface area (Å²) in [5.41, 5.74) is -1.13. The van der Waals surface area contributed by atoms with Crippen LogP contribution in [0.1, 0.15) is 78.6 Å². The summed E-state index contributed by atoms with van der Waals surface area (Å²) in [6.07, 6.45) is 2.50. The van der Waals surface area contributed by atoms with Crippen LogP contribution < -0.4 is 0 Å². The molecule has 0 heterocycles. The smallest absolute Gasteiger partial charge is 0.332 e. The molecule has 0 aromatic heterocycles. The Bertz CT molecular complexity index is 1110. The number of hydrogen-bond acceptors (Lipinski definition) is 9. The summed E-state index contributed by atoms with van der Waals surface area (Å²) >= 11 is 0. The van der Waals surface area contributed by atoms with E-state index in [-0.39, 0.29) is 67.2 Å². The first-order chi connectivity index (χ1) is 20.3. The van der Waals surface area contributed by atoms with Gasteiger partial charge in [0.25, 0.3) is 0 Å². The van der Waals surface area contributed by atoms with Gasteiger partial charge in [-0.2, -0.15) is 0 Å². The van der Waals surface area contributed by atoms with Crippen LogP contribution in [0.2, 0.25) is 0 Å². The lowest BCUT2D eigenvalue weighted by atomic mass is 9.83. The third-order valence-electron chi connectivity index (χ3n) is 6.98. The summed E-state index contributed by atoms with van der Waals surface area (Å²) in [5.74, 6) is -8.28. The zero-order chi connectivity index (χ0) is 33.1. The number of carbonyl (C=O) groups is 5. The van der Waals surface area contributed by atoms with Gasteiger partial charge in [-0.1, -0.05) is 45.8 Å². The molecule has 2 unspecified atom stereocenters. The molecule has 0 aliphatic rings. The molecule has 0 bridgehead atoms. The standard InChI is InChI=1S/C29H42O14/c1-4-7-8-19(15-42-40)22(27(34)35)12-18(6-3)14-24(29(38)39)23(28(36)37)13-17(5-2)11-20(16-43-41)21(26(32)33)9-10-25(30)31/h7-8,17-18,40-41H,4-6,9-16H2,1-3H3,(H,30,31)(H,32,33)(H,34,35)(H,36,37)(H,38,39)/b8-7+,21-20-,22-19-,24-23-. The molecule has 0 saturated carbocycles. The molecular formula is C29H42O14. The Morgan fingerprint density at radius 3 is 1.42 bits per heavy atom. The predicted molar refractivity (Wildman–Crippen MR) is 151 cm³/mol. The van der Waals surface area contributed by atoms with E-state index in [4.69, 9.17) is 15.6 Å². The van der Waals surface area contributed by atoms with Crippen LogP contribution in [0.15, 0.2) is 45.6 Å². The van der Waals surface area contributed by atoms with Gasteiger partial charge in [-0.3, -0.25) is 15.3 Å². The Kier molecular flexibility index (Phi) is 19.1. The largest absolute Gasteiger partial charge is 0.481 e. The molecule has 7 N–H and O–H groups in total. The van der Waals surface area contributed by atoms with E-state index in [9.17, 15) is 44.4 Å². The lowest BCUT2D eigenvalue weighted by Gasteiger charge is -2.22. The molecule has 0 rings (SSSR count). The summed E-state index contributed by atoms with van der Waals surface area (Å²) in [4.78, 5) is 67.8. The first kappa shape index (κ1) is 39.1. The van der Waals surface area contributed by atoms with Crippen molar-refractivity contribution in [1.29, 1.82) is 0 Å². The summed E-state index contributed by atoms with van der Waals surface area (Å²) in [7, 11) is 0. The van der Waals surface area contributed by atoms with Crippen molar-refractivity contribution in [1.82, 2.24) is 0 Å². The fourth-order valence-electron chi connectivity index (χ4n) is 4.55. The van der Waals surface area contributed by atoms with Gasteiger partial charge in [0, 0.05) is 28.7 Å². The maximum atomic E-state index is 12.3. The van der Waals surface area contributed by atoms with Crippen LogP contribution >= 0.6 is 0 Å². The van der Waals surface area contributed by atoms with Gasteiger partial charge in [0.1, 0.15) is 13.2 Å². The molecule has 0 amide bonds. The lowest BCUT2D eigenvalue weighted by molar-refractivity contribution is -0.234. The van der Waals surface area contributed by atoms with E-state index in [1.807, 2.05) is 6.92 Å². The molecule has 14 heteroatoms. The van der Waals surface area contributed by atoms with Crippen LogP contribution in [-0.4, -0.2) is 79.1 Å². The molecule has 0 aromatic carbocycles. The molecule has 0 spiro atoms. The summed E-state index contributed by atoms with van der Waals surface area (Å²) in [6.45, 7) is 4.18. The maximum Gasteiger partial charge on any atom is 0.332 e. The van der Waals surface area contributed by atoms with Gasteiger partial charge in [0.15, 0.2) is 0 Å². The van der Waals surface area contributed by atoms with Crippen LogP contribution in [0.5, 0.6) is 0 Å². The molecular weight excluding hydrogens is 572 g/mol. The van der Waals surface area contributed by atoms with E-state index in [0.29, 0.717) is 6.42 Å². The Morgan fingerprint density at radius 1 is 0.605 bits per heavy atom. The Balaban J connectivity index is 6.64. The molecule has 14 nitrogen and oxygen atoms in total. The maximum absolute atomic E-state index is 12.3. The Morgan fingerprint density at radius 2 is 1.05 bits per heavy atom. The normalized spacial score (nSPS) is 14.8. The molecule has 242 valence electrons. The quantitative estimate of drug-likeness (QED) is 0.0359. The van der Waals surface area contributed by atoms with E-state index in [2.05, 4.69) is 9.78 Å². The number of carboxylic acids is 5. The summed E-state index contributed by atoms with van der Waals surface area (Å²) in [5, 5.41) is 66.4. The number of rotatable bonds is 23. The van der Waals surface area contributed by atoms with Gasteiger partial charge >= 0.3 is 29.8 Å². The van der Waals surface area contributed by atoms with Gasteiger partial charge in [0.2, 0.25) is 0 Å². The van der Waals surface area contributed by atoms with Crippen molar-refractivity contribution >= 4 is 29.8 Å². The molecule has 0 aromatic rings. The minimum atomic E-state index is -1.52. The van der Waals surface area contributed by atoms with E-state index in [1.165, 1.54) is 6.08 Å². The molecule has 0 fully saturated rings. The highest BCUT2D eigenvalue weighted by atomic mass is 17.1. The summed E-state index contributed by atoms with van der Waals surface area (Å²) in [6, 6.07) is 0. The van der Waals surface area contributed by atoms with Gasteiger partial charge in [-0.05, 0) is 61.5 Å². The van der Waals surface area contributed by atoms with Gasteiger partial charge in [-0.15, -0.1) is 0 Å². The van der Waals surface area contributed by atoms with Gasteiger partial charge < -0.3 is 25.5 Å². The minimum absolute atomic E-state index is 0.0335. The zero-order valence-corrected chi connectivity index (χ0v) is 24.6. The van der Waals surface area contributed by atoms with Crippen molar-refractivity contribution in [3.8, 4) is 0 Å². The fourth-order valence-corrected chi connectivity index (χ4v) is 4.55. The highest BCUT2D eigenvalue weighted by molar-refractivity contribution is 5.99. The fraction of sp³-hybridized carbons (Fsp3) is 0.552. The second kappa shape index (κ2) is 20.9. The molecule has 0 saturated heterocycles. The van der Waals surface area contributed by atoms with Crippen molar-refractivity contribution < 1.29 is 69.8 Å². The third kappa shape index (κ3) is 14.2. The van der Waals surface area contributed by atoms with Crippen LogP contribution in [0, 0.1) is 11.8 Å². The second-order valence-corrected chi connectivity index (χ2v) is 9.88. The van der Waals surface area contributed by atoms with E-state index in [0.717, 1.165) is 0 Å². The molecule has 0 aliphatic heterocycles. The minimum Gasteiger partial charge on any atom is -0.481 e. The summed E-state index contributed by atoms with van der Waals surface area (Å²) < 4.78 is 0. The van der Waals surface area contributed by atoms with Crippen LogP contribution in [0.25, 0.3) is 0 Å². The topological polar surface area (TPSA) is 245 Å². The highest BCUT2D eigenvalue weighted by Gasteiger charge is 2.28. The average molecular weight is 615 g/mol. The zero-order valence-electron chi connectivity index (χ0n) is 24.6. The van der Waals surface area contributed by atoms with E-state index < -0.39 is 72.5 Å². The second-order valence-electron chi connectivity index (χ2n) is 9.88. The van der Waals surface area contributed by atoms with Gasteiger partial charge in [-0.25, -0.2) is 29.0 Å². The molecule has 43 heavy (non-hydrogen) atoms. The van der Waals surface area contributed by atoms with E-state index >= 15 is 0 Å². The first-order valence-corrected chi connectivity index (χ1v) is 13.8. The Labute approximate surface area is 249 Å². The molecule has 0 radical (unpaired) electrons. The number of carboxylic acid groups (broad SMARTS) is 5. The lowest BCUT2D eigenvalue weighted by Crippen LogP contribution is -2.20. The third-order valence-corrected chi connectivity index (χ3v) is 6.98. The van der Waals surface area contributed by atoms with Crippen molar-refractivity contribution in [3.63, 3.8) is 0 Å². The van der Waals surface area contributed by atoms with Crippen molar-refractivity contribution in [2.75, 3.05) is 13.2 Å². The van der Waals surface area contributed by atoms with Crippen molar-refractivity contribution in [2.45, 2.75) is 78.6 Å². The van der Waals surface area contributed by atoms with Crippen LogP contribution in [0.3, 0.4) is 0 Å². The SMILES string of the molecule is CC/C=C/C(COO)=C(\CC(CC)C/C(C(=O)O)=C(\CC(CC)C/C(COO)=C(\CCC(=O)O)C(=O)O)C(=O)O)C(=O)O. The first-order valence-electron chi connectivity index (χ1n) is 13.8. The monoisotopic (exact) mass is 614 g/mol. The highest BCUT2D eigenvalue weighted by Crippen LogP contribution is 2.32. The number of aliphatic carboxylic acids is 5. The van der Waals surface area contributed by atoms with Crippen molar-refractivity contribution in [2.24, 2.45) is 11.8 Å². The van der Waals surface area contributed by atoms with Crippen molar-refractivity contribution in [3.05, 3.63) is 45.6 Å². The van der Waals surface area contributed by atoms with Crippen LogP contribution in [-0.2, 0) is 33.7 Å². The molecule has 2 atom stereocenters. The van der Waals surface area contributed by atoms with Crippen LogP contribution in [0.4, 0.5) is 0 Å². The molecule has 0 aliphatic carbocycles. The van der Waals surface area contributed by atoms with E-state index in [1.54, 1.807) is 19.9 Å². The predicted octanol–water partition coefficient (Wildman–Crippen LogP) is 4.64. The Hall–Kier alpha value is -3.85. The average Bonchev–Trinajstić information content (AvgIpc) is 2.93. The number of hydrogen-bond donors (Lipinski definition) is 7.